The summed E-state index contributed by atoms with van der Waals surface area (Å²) in [6.07, 6.45) is 0. The number of carbonyl (C=O) groups excluding carboxylic acids is 3. The lowest BCUT2D eigenvalue weighted by molar-refractivity contribution is -0.114. The van der Waals surface area contributed by atoms with Crippen molar-refractivity contribution in [2.75, 3.05) is 23.3 Å². The van der Waals surface area contributed by atoms with Crippen LogP contribution in [0, 0.1) is 0 Å². The summed E-state index contributed by atoms with van der Waals surface area (Å²) in [7, 11) is 0. The number of benzene rings is 3. The minimum atomic E-state index is -0.328. The van der Waals surface area contributed by atoms with Gasteiger partial charge in [0.1, 0.15) is 6.54 Å². The van der Waals surface area contributed by atoms with Crippen LogP contribution in [0.4, 0.5) is 11.4 Å². The largest absolute Gasteiger partial charge is 0.352 e. The lowest BCUT2D eigenvalue weighted by atomic mass is 10.1. The molecule has 0 radical (unpaired) electrons. The van der Waals surface area contributed by atoms with Crippen molar-refractivity contribution in [1.29, 1.82) is 0 Å². The van der Waals surface area contributed by atoms with E-state index in [4.69, 9.17) is 0 Å². The highest BCUT2D eigenvalue weighted by Crippen LogP contribution is 2.36. The van der Waals surface area contributed by atoms with E-state index in [2.05, 4.69) is 10.6 Å². The molecule has 0 atom stereocenters. The Bertz CT molecular complexity index is 1100. The zero-order valence-electron chi connectivity index (χ0n) is 15.4. The van der Waals surface area contributed by atoms with Crippen molar-refractivity contribution < 1.29 is 14.4 Å². The molecule has 0 aromatic heterocycles. The highest BCUT2D eigenvalue weighted by atomic mass is 16.2. The Morgan fingerprint density at radius 1 is 1.00 bits per heavy atom. The van der Waals surface area contributed by atoms with Gasteiger partial charge < -0.3 is 10.6 Å². The van der Waals surface area contributed by atoms with Crippen LogP contribution in [0.5, 0.6) is 0 Å². The van der Waals surface area contributed by atoms with E-state index in [0.717, 1.165) is 16.5 Å². The van der Waals surface area contributed by atoms with Gasteiger partial charge in [0.2, 0.25) is 5.91 Å². The molecule has 1 heterocycles. The van der Waals surface area contributed by atoms with Gasteiger partial charge in [0.15, 0.2) is 0 Å². The Kier molecular flexibility index (Phi) is 4.53. The molecule has 4 rings (SSSR count). The minimum absolute atomic E-state index is 0.0992. The Morgan fingerprint density at radius 2 is 1.75 bits per heavy atom. The summed E-state index contributed by atoms with van der Waals surface area (Å²) in [5.41, 5.74) is 2.33. The standard InChI is InChI=1S/C22H19N3O3/c1-2-23-21(27)15-8-3-9-16(12-15)24-19(26)13-25-18-11-5-7-14-6-4-10-17(20(14)18)22(25)28/h3-12H,2,13H2,1H3,(H,23,27)(H,24,26). The van der Waals surface area contributed by atoms with Gasteiger partial charge in [-0.15, -0.1) is 0 Å². The second kappa shape index (κ2) is 7.15. The fourth-order valence-corrected chi connectivity index (χ4v) is 3.48. The molecule has 0 bridgehead atoms. The van der Waals surface area contributed by atoms with Crippen LogP contribution in [0.1, 0.15) is 27.6 Å². The van der Waals surface area contributed by atoms with Gasteiger partial charge in [0.25, 0.3) is 11.8 Å². The average molecular weight is 373 g/mol. The molecule has 6 heteroatoms. The van der Waals surface area contributed by atoms with Crippen LogP contribution < -0.4 is 15.5 Å². The molecule has 3 aromatic carbocycles. The van der Waals surface area contributed by atoms with Crippen LogP contribution in [0.25, 0.3) is 10.8 Å². The number of nitrogens with one attached hydrogen (secondary N) is 2. The normalized spacial score (nSPS) is 12.3. The second-order valence-electron chi connectivity index (χ2n) is 6.56. The fourth-order valence-electron chi connectivity index (χ4n) is 3.48. The van der Waals surface area contributed by atoms with Crippen molar-refractivity contribution in [3.63, 3.8) is 0 Å². The summed E-state index contributed by atoms with van der Waals surface area (Å²) >= 11 is 0. The topological polar surface area (TPSA) is 78.5 Å². The predicted molar refractivity (Wildman–Crippen MR) is 109 cm³/mol. The van der Waals surface area contributed by atoms with Gasteiger partial charge in [-0.25, -0.2) is 0 Å². The van der Waals surface area contributed by atoms with E-state index in [-0.39, 0.29) is 24.3 Å². The zero-order chi connectivity index (χ0) is 19.7. The van der Waals surface area contributed by atoms with E-state index < -0.39 is 0 Å². The van der Waals surface area contributed by atoms with Crippen molar-refractivity contribution in [1.82, 2.24) is 5.32 Å². The van der Waals surface area contributed by atoms with E-state index in [1.807, 2.05) is 37.3 Å². The van der Waals surface area contributed by atoms with Crippen LogP contribution in [0.2, 0.25) is 0 Å². The second-order valence-corrected chi connectivity index (χ2v) is 6.56. The first-order valence-corrected chi connectivity index (χ1v) is 9.10. The van der Waals surface area contributed by atoms with Crippen molar-refractivity contribution in [2.45, 2.75) is 6.92 Å². The molecule has 0 saturated carbocycles. The number of hydrogen-bond donors (Lipinski definition) is 2. The maximum Gasteiger partial charge on any atom is 0.259 e. The van der Waals surface area contributed by atoms with Gasteiger partial charge in [-0.3, -0.25) is 19.3 Å². The van der Waals surface area contributed by atoms with Gasteiger partial charge in [-0.1, -0.05) is 30.3 Å². The number of rotatable bonds is 5. The molecule has 2 N–H and O–H groups in total. The van der Waals surface area contributed by atoms with Gasteiger partial charge in [0.05, 0.1) is 5.69 Å². The third kappa shape index (κ3) is 3.09. The average Bonchev–Trinajstić information content (AvgIpc) is 2.96. The highest BCUT2D eigenvalue weighted by molar-refractivity contribution is 6.26. The number of carbonyl (C=O) groups is 3. The summed E-state index contributed by atoms with van der Waals surface area (Å²) in [4.78, 5) is 38.8. The first kappa shape index (κ1) is 17.7. The first-order chi connectivity index (χ1) is 13.6. The molecule has 0 aliphatic carbocycles. The molecule has 6 nitrogen and oxygen atoms in total. The predicted octanol–water partition coefficient (Wildman–Crippen LogP) is 3.19. The molecular weight excluding hydrogens is 354 g/mol. The van der Waals surface area contributed by atoms with Gasteiger partial charge in [-0.2, -0.15) is 0 Å². The van der Waals surface area contributed by atoms with Crippen LogP contribution in [-0.4, -0.2) is 30.8 Å². The van der Waals surface area contributed by atoms with Crippen LogP contribution in [0.3, 0.4) is 0 Å². The van der Waals surface area contributed by atoms with Crippen molar-refractivity contribution in [2.24, 2.45) is 0 Å². The Hall–Kier alpha value is -3.67. The lowest BCUT2D eigenvalue weighted by Gasteiger charge is -2.17. The molecule has 3 amide bonds. The van der Waals surface area contributed by atoms with Crippen LogP contribution in [-0.2, 0) is 4.79 Å². The molecule has 0 saturated heterocycles. The summed E-state index contributed by atoms with van der Waals surface area (Å²) in [6.45, 7) is 2.27. The van der Waals surface area contributed by atoms with Gasteiger partial charge in [-0.05, 0) is 42.6 Å². The van der Waals surface area contributed by atoms with Gasteiger partial charge in [0, 0.05) is 28.7 Å². The number of nitrogens with zero attached hydrogens (tertiary/aromatic N) is 1. The van der Waals surface area contributed by atoms with E-state index in [9.17, 15) is 14.4 Å². The summed E-state index contributed by atoms with van der Waals surface area (Å²) in [5.74, 6) is -0.709. The zero-order valence-corrected chi connectivity index (χ0v) is 15.4. The number of hydrogen-bond acceptors (Lipinski definition) is 3. The maximum atomic E-state index is 12.8. The summed E-state index contributed by atoms with van der Waals surface area (Å²) in [5, 5.41) is 7.35. The number of amides is 3. The quantitative estimate of drug-likeness (QED) is 0.721. The van der Waals surface area contributed by atoms with Crippen molar-refractivity contribution in [3.8, 4) is 0 Å². The van der Waals surface area contributed by atoms with Crippen molar-refractivity contribution >= 4 is 39.9 Å². The van der Waals surface area contributed by atoms with E-state index in [0.29, 0.717) is 23.4 Å². The molecule has 1 aliphatic rings. The highest BCUT2D eigenvalue weighted by Gasteiger charge is 2.30. The third-order valence-corrected chi connectivity index (χ3v) is 4.70. The molecule has 3 aromatic rings. The number of anilines is 2. The summed E-state index contributed by atoms with van der Waals surface area (Å²) < 4.78 is 0. The fraction of sp³-hybridized carbons (Fsp3) is 0.136. The van der Waals surface area contributed by atoms with Crippen molar-refractivity contribution in [3.05, 3.63) is 71.8 Å². The molecule has 1 aliphatic heterocycles. The molecule has 140 valence electrons. The molecule has 0 spiro atoms. The Morgan fingerprint density at radius 3 is 2.54 bits per heavy atom. The van der Waals surface area contributed by atoms with Crippen LogP contribution in [0.15, 0.2) is 60.7 Å². The third-order valence-electron chi connectivity index (χ3n) is 4.70. The maximum absolute atomic E-state index is 12.8. The van der Waals surface area contributed by atoms with E-state index >= 15 is 0 Å². The molecule has 0 fully saturated rings. The first-order valence-electron chi connectivity index (χ1n) is 9.10. The molecular formula is C22H19N3O3. The Labute approximate surface area is 162 Å². The molecule has 28 heavy (non-hydrogen) atoms. The Balaban J connectivity index is 1.53. The van der Waals surface area contributed by atoms with E-state index in [1.165, 1.54) is 4.90 Å². The van der Waals surface area contributed by atoms with E-state index in [1.54, 1.807) is 30.3 Å². The monoisotopic (exact) mass is 373 g/mol. The lowest BCUT2D eigenvalue weighted by Crippen LogP contribution is -2.35. The smallest absolute Gasteiger partial charge is 0.259 e. The summed E-state index contributed by atoms with van der Waals surface area (Å²) in [6, 6.07) is 18.0. The minimum Gasteiger partial charge on any atom is -0.352 e. The SMILES string of the molecule is CCNC(=O)c1cccc(NC(=O)CN2C(=O)c3cccc4cccc2c34)c1. The molecule has 0 unspecified atom stereocenters. The van der Waals surface area contributed by atoms with Crippen LogP contribution >= 0.6 is 0 Å². The van der Waals surface area contributed by atoms with Gasteiger partial charge >= 0.3 is 0 Å².